The van der Waals surface area contributed by atoms with Crippen molar-refractivity contribution < 1.29 is 9.59 Å². The number of benzene rings is 2. The van der Waals surface area contributed by atoms with Crippen LogP contribution in [0.5, 0.6) is 0 Å². The van der Waals surface area contributed by atoms with Gasteiger partial charge in [0.15, 0.2) is 0 Å². The molecule has 0 saturated heterocycles. The predicted molar refractivity (Wildman–Crippen MR) is 122 cm³/mol. The molecule has 156 valence electrons. The number of hydrogen-bond donors (Lipinski definition) is 1. The summed E-state index contributed by atoms with van der Waals surface area (Å²) >= 11 is 13.3. The second-order valence-electron chi connectivity index (χ2n) is 6.61. The molecule has 0 saturated carbocycles. The molecule has 0 aromatic heterocycles. The standard InChI is InChI=1S/C22H26Cl2N2O2S/c1-3-13-25-22(28)20(4-2)26(14-16-5-7-17(23)8-6-16)21(27)15-29-19-11-9-18(24)10-12-19/h5-12,20H,3-4,13-15H2,1-2H3,(H,25,28)/t20-/m1/s1. The van der Waals surface area contributed by atoms with Gasteiger partial charge >= 0.3 is 0 Å². The van der Waals surface area contributed by atoms with Crippen LogP contribution in [0.2, 0.25) is 10.0 Å². The van der Waals surface area contributed by atoms with Gasteiger partial charge in [0.1, 0.15) is 6.04 Å². The molecule has 1 atom stereocenters. The van der Waals surface area contributed by atoms with Crippen molar-refractivity contribution in [3.63, 3.8) is 0 Å². The third-order valence-corrected chi connectivity index (χ3v) is 5.88. The van der Waals surface area contributed by atoms with E-state index in [1.807, 2.05) is 38.1 Å². The van der Waals surface area contributed by atoms with Gasteiger partial charge in [-0.25, -0.2) is 0 Å². The third kappa shape index (κ3) is 7.57. The molecule has 0 spiro atoms. The Balaban J connectivity index is 2.16. The van der Waals surface area contributed by atoms with Gasteiger partial charge < -0.3 is 10.2 Å². The molecular formula is C22H26Cl2N2O2S. The molecule has 2 amide bonds. The summed E-state index contributed by atoms with van der Waals surface area (Å²) in [4.78, 5) is 28.4. The Morgan fingerprint density at radius 1 is 1.00 bits per heavy atom. The maximum Gasteiger partial charge on any atom is 0.242 e. The van der Waals surface area contributed by atoms with Crippen molar-refractivity contribution in [1.29, 1.82) is 0 Å². The summed E-state index contributed by atoms with van der Waals surface area (Å²) in [5.41, 5.74) is 0.931. The molecule has 0 aliphatic carbocycles. The average molecular weight is 453 g/mol. The molecule has 2 rings (SSSR count). The van der Waals surface area contributed by atoms with Crippen LogP contribution in [0.25, 0.3) is 0 Å². The molecule has 0 heterocycles. The van der Waals surface area contributed by atoms with E-state index < -0.39 is 6.04 Å². The SMILES string of the molecule is CCCNC(=O)[C@@H](CC)N(Cc1ccc(Cl)cc1)C(=O)CSc1ccc(Cl)cc1. The largest absolute Gasteiger partial charge is 0.354 e. The van der Waals surface area contributed by atoms with Gasteiger partial charge in [-0.1, -0.05) is 49.2 Å². The maximum absolute atomic E-state index is 13.1. The van der Waals surface area contributed by atoms with Gasteiger partial charge in [-0.05, 0) is 54.8 Å². The van der Waals surface area contributed by atoms with Gasteiger partial charge in [0.2, 0.25) is 11.8 Å². The van der Waals surface area contributed by atoms with Gasteiger partial charge in [-0.15, -0.1) is 11.8 Å². The van der Waals surface area contributed by atoms with Crippen LogP contribution in [0.3, 0.4) is 0 Å². The highest BCUT2D eigenvalue weighted by molar-refractivity contribution is 8.00. The fourth-order valence-electron chi connectivity index (χ4n) is 2.83. The number of thioether (sulfide) groups is 1. The molecule has 2 aromatic carbocycles. The van der Waals surface area contributed by atoms with Crippen molar-refractivity contribution >= 4 is 46.8 Å². The number of amides is 2. The maximum atomic E-state index is 13.1. The second-order valence-corrected chi connectivity index (χ2v) is 8.53. The van der Waals surface area contributed by atoms with Crippen molar-refractivity contribution in [2.24, 2.45) is 0 Å². The molecule has 0 aliphatic heterocycles. The first-order valence-corrected chi connectivity index (χ1v) is 11.4. The zero-order valence-electron chi connectivity index (χ0n) is 16.7. The van der Waals surface area contributed by atoms with Crippen LogP contribution in [-0.2, 0) is 16.1 Å². The van der Waals surface area contributed by atoms with Crippen LogP contribution in [0.1, 0.15) is 32.3 Å². The van der Waals surface area contributed by atoms with Crippen molar-refractivity contribution in [3.8, 4) is 0 Å². The third-order valence-electron chi connectivity index (χ3n) is 4.38. The highest BCUT2D eigenvalue weighted by atomic mass is 35.5. The minimum atomic E-state index is -0.518. The van der Waals surface area contributed by atoms with Crippen molar-refractivity contribution in [1.82, 2.24) is 10.2 Å². The summed E-state index contributed by atoms with van der Waals surface area (Å²) in [5, 5.41) is 4.21. The van der Waals surface area contributed by atoms with Crippen molar-refractivity contribution in [2.75, 3.05) is 12.3 Å². The lowest BCUT2D eigenvalue weighted by atomic mass is 10.1. The summed E-state index contributed by atoms with van der Waals surface area (Å²) < 4.78 is 0. The number of rotatable bonds is 10. The second kappa shape index (κ2) is 12.1. The van der Waals surface area contributed by atoms with Gasteiger partial charge in [-0.2, -0.15) is 0 Å². The Hall–Kier alpha value is -1.69. The number of hydrogen-bond acceptors (Lipinski definition) is 3. The van der Waals surface area contributed by atoms with Crippen LogP contribution in [0.4, 0.5) is 0 Å². The van der Waals surface area contributed by atoms with Crippen LogP contribution >= 0.6 is 35.0 Å². The topological polar surface area (TPSA) is 49.4 Å². The highest BCUT2D eigenvalue weighted by Gasteiger charge is 2.28. The fourth-order valence-corrected chi connectivity index (χ4v) is 3.87. The van der Waals surface area contributed by atoms with Gasteiger partial charge in [0.25, 0.3) is 0 Å². The van der Waals surface area contributed by atoms with E-state index in [4.69, 9.17) is 23.2 Å². The molecule has 0 fully saturated rings. The van der Waals surface area contributed by atoms with E-state index >= 15 is 0 Å². The first kappa shape index (κ1) is 23.6. The molecule has 0 radical (unpaired) electrons. The van der Waals surface area contributed by atoms with E-state index in [-0.39, 0.29) is 17.6 Å². The number of carbonyl (C=O) groups is 2. The zero-order valence-corrected chi connectivity index (χ0v) is 19.0. The summed E-state index contributed by atoms with van der Waals surface area (Å²) in [7, 11) is 0. The normalized spacial score (nSPS) is 11.7. The number of nitrogens with one attached hydrogen (secondary N) is 1. The molecule has 7 heteroatoms. The molecule has 29 heavy (non-hydrogen) atoms. The number of carbonyl (C=O) groups excluding carboxylic acids is 2. The van der Waals surface area contributed by atoms with Gasteiger partial charge in [-0.3, -0.25) is 9.59 Å². The Morgan fingerprint density at radius 2 is 1.59 bits per heavy atom. The Kier molecular flexibility index (Phi) is 9.85. The monoisotopic (exact) mass is 452 g/mol. The molecule has 0 unspecified atom stereocenters. The summed E-state index contributed by atoms with van der Waals surface area (Å²) in [6.07, 6.45) is 1.39. The fraction of sp³-hybridized carbons (Fsp3) is 0.364. The number of nitrogens with zero attached hydrogens (tertiary/aromatic N) is 1. The van der Waals surface area contributed by atoms with Crippen LogP contribution in [0.15, 0.2) is 53.4 Å². The first-order chi connectivity index (χ1) is 13.9. The predicted octanol–water partition coefficient (Wildman–Crippen LogP) is 5.42. The minimum absolute atomic E-state index is 0.0848. The quantitative estimate of drug-likeness (QED) is 0.489. The Bertz CT molecular complexity index is 797. The van der Waals surface area contributed by atoms with Gasteiger partial charge in [0.05, 0.1) is 5.75 Å². The molecule has 1 N–H and O–H groups in total. The van der Waals surface area contributed by atoms with Crippen molar-refractivity contribution in [2.45, 2.75) is 44.2 Å². The average Bonchev–Trinajstić information content (AvgIpc) is 2.72. The smallest absolute Gasteiger partial charge is 0.242 e. The summed E-state index contributed by atoms with van der Waals surface area (Å²) in [6.45, 7) is 4.87. The molecular weight excluding hydrogens is 427 g/mol. The van der Waals surface area contributed by atoms with Crippen LogP contribution in [0, 0.1) is 0 Å². The minimum Gasteiger partial charge on any atom is -0.354 e. The Labute approximate surface area is 187 Å². The van der Waals surface area contributed by atoms with E-state index in [1.165, 1.54) is 11.8 Å². The number of halogens is 2. The zero-order chi connectivity index (χ0) is 21.2. The molecule has 0 bridgehead atoms. The van der Waals surface area contributed by atoms with E-state index in [1.54, 1.807) is 29.2 Å². The lowest BCUT2D eigenvalue weighted by molar-refractivity contribution is -0.139. The highest BCUT2D eigenvalue weighted by Crippen LogP contribution is 2.22. The van der Waals surface area contributed by atoms with Crippen molar-refractivity contribution in [3.05, 3.63) is 64.1 Å². The summed E-state index contributed by atoms with van der Waals surface area (Å²) in [6, 6.07) is 14.2. The summed E-state index contributed by atoms with van der Waals surface area (Å²) in [5.74, 6) is 0.0406. The molecule has 4 nitrogen and oxygen atoms in total. The lowest BCUT2D eigenvalue weighted by Crippen LogP contribution is -2.49. The lowest BCUT2D eigenvalue weighted by Gasteiger charge is -2.30. The van der Waals surface area contributed by atoms with Crippen LogP contribution in [-0.4, -0.2) is 35.1 Å². The van der Waals surface area contributed by atoms with E-state index in [0.29, 0.717) is 29.6 Å². The Morgan fingerprint density at radius 3 is 2.14 bits per heavy atom. The molecule has 0 aliphatic rings. The van der Waals surface area contributed by atoms with Crippen LogP contribution < -0.4 is 5.32 Å². The van der Waals surface area contributed by atoms with E-state index in [0.717, 1.165) is 16.9 Å². The molecule has 2 aromatic rings. The first-order valence-electron chi connectivity index (χ1n) is 9.64. The van der Waals surface area contributed by atoms with Gasteiger partial charge in [0, 0.05) is 28.0 Å². The van der Waals surface area contributed by atoms with E-state index in [2.05, 4.69) is 5.32 Å². The van der Waals surface area contributed by atoms with E-state index in [9.17, 15) is 9.59 Å².